The zero-order valence-corrected chi connectivity index (χ0v) is 13.7. The van der Waals surface area contributed by atoms with Gasteiger partial charge >= 0.3 is 0 Å². The lowest BCUT2D eigenvalue weighted by Crippen LogP contribution is -2.33. The smallest absolute Gasteiger partial charge is 0.262 e. The fourth-order valence-electron chi connectivity index (χ4n) is 1.86. The van der Waals surface area contributed by atoms with Crippen molar-refractivity contribution in [2.45, 2.75) is 32.7 Å². The van der Waals surface area contributed by atoms with Crippen LogP contribution in [0.3, 0.4) is 0 Å². The van der Waals surface area contributed by atoms with Crippen LogP contribution in [0.25, 0.3) is 0 Å². The molecule has 1 aliphatic heterocycles. The minimum absolute atomic E-state index is 0.109. The van der Waals surface area contributed by atoms with Crippen molar-refractivity contribution in [2.24, 2.45) is 10.9 Å². The molecule has 0 saturated heterocycles. The average molecular weight is 334 g/mol. The highest BCUT2D eigenvalue weighted by Gasteiger charge is 2.25. The highest BCUT2D eigenvalue weighted by Crippen LogP contribution is 2.18. The molecule has 1 aromatic rings. The molecule has 1 aliphatic rings. The molecule has 0 aliphatic carbocycles. The molecule has 2 N–H and O–H groups in total. The van der Waals surface area contributed by atoms with E-state index in [0.717, 1.165) is 6.42 Å². The molecule has 122 valence electrons. The van der Waals surface area contributed by atoms with E-state index in [0.29, 0.717) is 10.8 Å². The van der Waals surface area contributed by atoms with E-state index in [1.807, 2.05) is 13.8 Å². The Morgan fingerprint density at radius 1 is 1.43 bits per heavy atom. The van der Waals surface area contributed by atoms with Crippen molar-refractivity contribution in [1.82, 2.24) is 10.3 Å². The number of rotatable bonds is 6. The Labute approximate surface area is 137 Å². The second-order valence-corrected chi connectivity index (χ2v) is 6.02. The summed E-state index contributed by atoms with van der Waals surface area (Å²) in [5.41, 5.74) is 0.578. The Morgan fingerprint density at radius 2 is 2.22 bits per heavy atom. The number of aromatic nitrogens is 1. The molecular formula is C15H18N4O3S. The van der Waals surface area contributed by atoms with Crippen LogP contribution in [0.15, 0.2) is 22.5 Å². The van der Waals surface area contributed by atoms with Gasteiger partial charge in [0.1, 0.15) is 5.92 Å². The number of allylic oxidation sites excluding steroid dienone is 1. The monoisotopic (exact) mass is 334 g/mol. The van der Waals surface area contributed by atoms with Crippen molar-refractivity contribution in [3.8, 4) is 0 Å². The molecular weight excluding hydrogens is 316 g/mol. The van der Waals surface area contributed by atoms with Crippen molar-refractivity contribution < 1.29 is 14.4 Å². The molecule has 2 unspecified atom stereocenters. The summed E-state index contributed by atoms with van der Waals surface area (Å²) >= 11 is 1.21. The van der Waals surface area contributed by atoms with Crippen molar-refractivity contribution in [2.75, 3.05) is 5.32 Å². The number of thiazole rings is 1. The number of carbonyl (C=O) groups excluding carboxylic acids is 3. The first-order valence-electron chi connectivity index (χ1n) is 7.29. The lowest BCUT2D eigenvalue weighted by molar-refractivity contribution is -0.128. The highest BCUT2D eigenvalue weighted by molar-refractivity contribution is 7.13. The molecule has 7 nitrogen and oxygen atoms in total. The van der Waals surface area contributed by atoms with Gasteiger partial charge in [-0.3, -0.25) is 14.4 Å². The average Bonchev–Trinajstić information content (AvgIpc) is 2.94. The Balaban J connectivity index is 1.91. The molecule has 2 atom stereocenters. The second-order valence-electron chi connectivity index (χ2n) is 5.17. The van der Waals surface area contributed by atoms with Gasteiger partial charge in [0.05, 0.1) is 12.1 Å². The molecule has 23 heavy (non-hydrogen) atoms. The molecule has 0 spiro atoms. The number of amides is 3. The molecule has 8 heteroatoms. The summed E-state index contributed by atoms with van der Waals surface area (Å²) in [4.78, 5) is 43.1. The summed E-state index contributed by atoms with van der Waals surface area (Å²) in [6.45, 7) is 3.92. The van der Waals surface area contributed by atoms with Crippen molar-refractivity contribution >= 4 is 40.4 Å². The van der Waals surface area contributed by atoms with E-state index in [2.05, 4.69) is 20.6 Å². The summed E-state index contributed by atoms with van der Waals surface area (Å²) in [6, 6.07) is 0.116. The quantitative estimate of drug-likeness (QED) is 0.766. The van der Waals surface area contributed by atoms with Crippen LogP contribution in [-0.4, -0.2) is 35.0 Å². The number of aliphatic imine (C=N–C) groups is 1. The fourth-order valence-corrected chi connectivity index (χ4v) is 2.57. The molecule has 0 fully saturated rings. The van der Waals surface area contributed by atoms with Gasteiger partial charge in [0.15, 0.2) is 5.13 Å². The van der Waals surface area contributed by atoms with Gasteiger partial charge in [-0.1, -0.05) is 13.0 Å². The van der Waals surface area contributed by atoms with Gasteiger partial charge < -0.3 is 10.6 Å². The Kier molecular flexibility index (Phi) is 5.75. The zero-order valence-electron chi connectivity index (χ0n) is 12.9. The lowest BCUT2D eigenvalue weighted by Gasteiger charge is -2.10. The van der Waals surface area contributed by atoms with Crippen LogP contribution in [0.5, 0.6) is 0 Å². The number of nitrogens with zero attached hydrogens (tertiary/aromatic N) is 2. The maximum absolute atomic E-state index is 12.0. The number of hydrogen-bond donors (Lipinski definition) is 2. The van der Waals surface area contributed by atoms with E-state index in [-0.39, 0.29) is 18.4 Å². The minimum Gasteiger partial charge on any atom is -0.353 e. The van der Waals surface area contributed by atoms with E-state index < -0.39 is 17.7 Å². The van der Waals surface area contributed by atoms with Crippen LogP contribution in [0.1, 0.15) is 26.0 Å². The molecule has 0 radical (unpaired) electrons. The van der Waals surface area contributed by atoms with E-state index >= 15 is 0 Å². The fraction of sp³-hybridized carbons (Fsp3) is 0.400. The summed E-state index contributed by atoms with van der Waals surface area (Å²) in [5.74, 6) is -2.02. The van der Waals surface area contributed by atoms with E-state index in [1.165, 1.54) is 23.6 Å². The van der Waals surface area contributed by atoms with Crippen LogP contribution >= 0.6 is 11.3 Å². The number of carbonyl (C=O) groups is 3. The van der Waals surface area contributed by atoms with Gasteiger partial charge in [0.25, 0.3) is 5.91 Å². The Morgan fingerprint density at radius 3 is 2.91 bits per heavy atom. The molecule has 2 rings (SSSR count). The van der Waals surface area contributed by atoms with Crippen molar-refractivity contribution in [3.63, 3.8) is 0 Å². The number of hydrogen-bond acceptors (Lipinski definition) is 5. The summed E-state index contributed by atoms with van der Waals surface area (Å²) in [6.07, 6.45) is 5.40. The lowest BCUT2D eigenvalue weighted by atomic mass is 10.1. The van der Waals surface area contributed by atoms with Gasteiger partial charge in [-0.05, 0) is 19.4 Å². The topological polar surface area (TPSA) is 101 Å². The third-order valence-electron chi connectivity index (χ3n) is 3.28. The summed E-state index contributed by atoms with van der Waals surface area (Å²) in [5, 5.41) is 7.50. The van der Waals surface area contributed by atoms with Crippen molar-refractivity contribution in [1.29, 1.82) is 0 Å². The highest BCUT2D eigenvalue weighted by atomic mass is 32.1. The Hall–Kier alpha value is -2.35. The molecule has 2 heterocycles. The molecule has 0 saturated carbocycles. The number of nitrogens with one attached hydrogen (secondary N) is 2. The van der Waals surface area contributed by atoms with Gasteiger partial charge in [-0.25, -0.2) is 9.98 Å². The third kappa shape index (κ3) is 4.82. The first-order valence-corrected chi connectivity index (χ1v) is 8.17. The maximum Gasteiger partial charge on any atom is 0.262 e. The second kappa shape index (κ2) is 7.77. The van der Waals surface area contributed by atoms with Crippen LogP contribution in [0.4, 0.5) is 5.13 Å². The van der Waals surface area contributed by atoms with E-state index in [9.17, 15) is 14.4 Å². The molecule has 3 amide bonds. The van der Waals surface area contributed by atoms with E-state index in [1.54, 1.807) is 11.5 Å². The number of anilines is 1. The van der Waals surface area contributed by atoms with E-state index in [4.69, 9.17) is 0 Å². The van der Waals surface area contributed by atoms with Crippen LogP contribution in [-0.2, 0) is 20.8 Å². The van der Waals surface area contributed by atoms with Gasteiger partial charge in [0, 0.05) is 17.6 Å². The van der Waals surface area contributed by atoms with Gasteiger partial charge in [-0.15, -0.1) is 11.3 Å². The molecule has 0 bridgehead atoms. The van der Waals surface area contributed by atoms with Crippen molar-refractivity contribution in [3.05, 3.63) is 23.2 Å². The SMILES string of the molecule is CCC(C)NC(=O)Cc1csc(NC(=O)C2C=CC=NC2=O)n1. The number of dihydropyridines is 1. The standard InChI is InChI=1S/C15H18N4O3S/c1-3-9(2)17-12(20)7-10-8-23-15(18-10)19-14(22)11-5-4-6-16-13(11)21/h4-6,8-9,11H,3,7H2,1-2H3,(H,17,20)(H,18,19,22). The third-order valence-corrected chi connectivity index (χ3v) is 4.09. The first kappa shape index (κ1) is 17.0. The summed E-state index contributed by atoms with van der Waals surface area (Å²) < 4.78 is 0. The zero-order chi connectivity index (χ0) is 16.8. The summed E-state index contributed by atoms with van der Waals surface area (Å²) in [7, 11) is 0. The Bertz CT molecular complexity index is 665. The maximum atomic E-state index is 12.0. The molecule has 1 aromatic heterocycles. The first-order chi connectivity index (χ1) is 11.0. The largest absolute Gasteiger partial charge is 0.353 e. The molecule has 0 aromatic carbocycles. The minimum atomic E-state index is -0.930. The predicted octanol–water partition coefficient (Wildman–Crippen LogP) is 1.32. The van der Waals surface area contributed by atoms with Gasteiger partial charge in [-0.2, -0.15) is 0 Å². The predicted molar refractivity (Wildman–Crippen MR) is 88.5 cm³/mol. The van der Waals surface area contributed by atoms with Gasteiger partial charge in [0.2, 0.25) is 11.8 Å². The normalized spacial score (nSPS) is 17.8. The van der Waals surface area contributed by atoms with Crippen LogP contribution in [0.2, 0.25) is 0 Å². The van der Waals surface area contributed by atoms with Crippen LogP contribution < -0.4 is 10.6 Å². The van der Waals surface area contributed by atoms with Crippen LogP contribution in [0, 0.1) is 5.92 Å².